The standard InChI is InChI=1S/C20H31N3O3S/c1-15-11-22(12-16(2)26-15)13-18-5-4-9-23(18)19(24)6-3-8-21-20(25)17-7-10-27-14-17/h7,10,14-16,18H,3-6,8-9,11-13H2,1-2H3,(H,21,25). The van der Waals surface area contributed by atoms with Crippen LogP contribution in [-0.4, -0.2) is 72.6 Å². The first-order valence-electron chi connectivity index (χ1n) is 10.0. The normalized spacial score (nSPS) is 26.3. The Labute approximate surface area is 165 Å². The highest BCUT2D eigenvalue weighted by molar-refractivity contribution is 7.08. The number of nitrogens with zero attached hydrogens (tertiary/aromatic N) is 2. The molecule has 2 aliphatic rings. The Morgan fingerprint density at radius 3 is 2.78 bits per heavy atom. The van der Waals surface area contributed by atoms with Crippen LogP contribution in [0.4, 0.5) is 0 Å². The second-order valence-electron chi connectivity index (χ2n) is 7.73. The Balaban J connectivity index is 1.40. The third kappa shape index (κ3) is 5.77. The van der Waals surface area contributed by atoms with Crippen LogP contribution in [0.25, 0.3) is 0 Å². The number of thiophene rings is 1. The van der Waals surface area contributed by atoms with E-state index < -0.39 is 0 Å². The molecule has 0 aliphatic carbocycles. The van der Waals surface area contributed by atoms with Crippen LogP contribution in [0.1, 0.15) is 49.9 Å². The van der Waals surface area contributed by atoms with Crippen LogP contribution in [-0.2, 0) is 9.53 Å². The molecule has 0 saturated carbocycles. The van der Waals surface area contributed by atoms with Crippen molar-refractivity contribution in [2.75, 3.05) is 32.7 Å². The number of morpholine rings is 1. The monoisotopic (exact) mass is 393 g/mol. The van der Waals surface area contributed by atoms with Crippen LogP contribution in [0.2, 0.25) is 0 Å². The first-order chi connectivity index (χ1) is 13.0. The smallest absolute Gasteiger partial charge is 0.252 e. The molecule has 1 aromatic rings. The van der Waals surface area contributed by atoms with Crippen molar-refractivity contribution in [2.45, 2.75) is 57.8 Å². The lowest BCUT2D eigenvalue weighted by molar-refractivity contribution is -0.133. The highest BCUT2D eigenvalue weighted by Crippen LogP contribution is 2.21. The van der Waals surface area contributed by atoms with E-state index in [0.29, 0.717) is 31.0 Å². The maximum atomic E-state index is 12.7. The Kier molecular flexibility index (Phi) is 7.26. The third-order valence-electron chi connectivity index (χ3n) is 5.30. The predicted octanol–water partition coefficient (Wildman–Crippen LogP) is 2.36. The van der Waals surface area contributed by atoms with Gasteiger partial charge in [0.2, 0.25) is 5.91 Å². The Hall–Kier alpha value is -1.44. The predicted molar refractivity (Wildman–Crippen MR) is 107 cm³/mol. The SMILES string of the molecule is CC1CN(CC2CCCN2C(=O)CCCNC(=O)c2ccsc2)CC(C)O1. The van der Waals surface area contributed by atoms with Crippen LogP contribution in [0.5, 0.6) is 0 Å². The van der Waals surface area contributed by atoms with Gasteiger partial charge in [0.15, 0.2) is 0 Å². The molecular formula is C20H31N3O3S. The Bertz CT molecular complexity index is 612. The molecule has 3 unspecified atom stereocenters. The van der Waals surface area contributed by atoms with Gasteiger partial charge in [-0.15, -0.1) is 0 Å². The molecule has 0 aromatic carbocycles. The summed E-state index contributed by atoms with van der Waals surface area (Å²) >= 11 is 1.51. The molecule has 150 valence electrons. The van der Waals surface area contributed by atoms with Gasteiger partial charge in [-0.3, -0.25) is 14.5 Å². The summed E-state index contributed by atoms with van der Waals surface area (Å²) in [6.45, 7) is 8.46. The third-order valence-corrected chi connectivity index (χ3v) is 5.98. The summed E-state index contributed by atoms with van der Waals surface area (Å²) in [5.41, 5.74) is 0.694. The lowest BCUT2D eigenvalue weighted by Crippen LogP contribution is -2.50. The number of carbonyl (C=O) groups is 2. The van der Waals surface area contributed by atoms with Crippen molar-refractivity contribution in [3.63, 3.8) is 0 Å². The van der Waals surface area contributed by atoms with Crippen molar-refractivity contribution < 1.29 is 14.3 Å². The molecule has 2 aliphatic heterocycles. The molecule has 6 nitrogen and oxygen atoms in total. The van der Waals surface area contributed by atoms with E-state index in [1.807, 2.05) is 16.8 Å². The number of carbonyl (C=O) groups excluding carboxylic acids is 2. The number of hydrogen-bond donors (Lipinski definition) is 1. The largest absolute Gasteiger partial charge is 0.373 e. The average molecular weight is 394 g/mol. The fraction of sp³-hybridized carbons (Fsp3) is 0.700. The van der Waals surface area contributed by atoms with Crippen molar-refractivity contribution >= 4 is 23.2 Å². The maximum absolute atomic E-state index is 12.7. The van der Waals surface area contributed by atoms with Gasteiger partial charge >= 0.3 is 0 Å². The van der Waals surface area contributed by atoms with Crippen molar-refractivity contribution in [1.29, 1.82) is 0 Å². The van der Waals surface area contributed by atoms with Crippen LogP contribution in [0.3, 0.4) is 0 Å². The van der Waals surface area contributed by atoms with E-state index in [-0.39, 0.29) is 24.0 Å². The van der Waals surface area contributed by atoms with E-state index in [2.05, 4.69) is 29.0 Å². The van der Waals surface area contributed by atoms with Crippen LogP contribution >= 0.6 is 11.3 Å². The summed E-state index contributed by atoms with van der Waals surface area (Å²) in [5.74, 6) is 0.162. The second-order valence-corrected chi connectivity index (χ2v) is 8.51. The van der Waals surface area contributed by atoms with Crippen molar-refractivity contribution in [3.8, 4) is 0 Å². The topological polar surface area (TPSA) is 61.9 Å². The quantitative estimate of drug-likeness (QED) is 0.723. The van der Waals surface area contributed by atoms with Crippen molar-refractivity contribution in [1.82, 2.24) is 15.1 Å². The van der Waals surface area contributed by atoms with E-state index >= 15 is 0 Å². The fourth-order valence-corrected chi connectivity index (χ4v) is 4.80. The first kappa shape index (κ1) is 20.3. The zero-order valence-corrected chi connectivity index (χ0v) is 17.2. The molecule has 1 aromatic heterocycles. The summed E-state index contributed by atoms with van der Waals surface area (Å²) in [6, 6.07) is 2.13. The molecule has 3 heterocycles. The lowest BCUT2D eigenvalue weighted by Gasteiger charge is -2.38. The minimum atomic E-state index is -0.0571. The van der Waals surface area contributed by atoms with Gasteiger partial charge in [0.25, 0.3) is 5.91 Å². The maximum Gasteiger partial charge on any atom is 0.252 e. The number of amides is 2. The van der Waals surface area contributed by atoms with Crippen LogP contribution in [0, 0.1) is 0 Å². The fourth-order valence-electron chi connectivity index (χ4n) is 4.17. The first-order valence-corrected chi connectivity index (χ1v) is 10.9. The second kappa shape index (κ2) is 9.66. The van der Waals surface area contributed by atoms with Gasteiger partial charge in [0, 0.05) is 56.1 Å². The molecule has 2 saturated heterocycles. The molecule has 3 rings (SSSR count). The summed E-state index contributed by atoms with van der Waals surface area (Å²) < 4.78 is 5.81. The zero-order chi connectivity index (χ0) is 19.2. The van der Waals surface area contributed by atoms with Gasteiger partial charge in [0.05, 0.1) is 12.2 Å². The van der Waals surface area contributed by atoms with Crippen LogP contribution in [0.15, 0.2) is 16.8 Å². The van der Waals surface area contributed by atoms with E-state index in [4.69, 9.17) is 4.74 Å². The Morgan fingerprint density at radius 1 is 1.30 bits per heavy atom. The molecule has 0 radical (unpaired) electrons. The number of rotatable bonds is 7. The molecule has 2 amide bonds. The average Bonchev–Trinajstić information content (AvgIpc) is 3.29. The van der Waals surface area contributed by atoms with E-state index in [9.17, 15) is 9.59 Å². The highest BCUT2D eigenvalue weighted by Gasteiger charge is 2.32. The van der Waals surface area contributed by atoms with E-state index in [0.717, 1.165) is 39.0 Å². The number of nitrogens with one attached hydrogen (secondary N) is 1. The summed E-state index contributed by atoms with van der Waals surface area (Å²) in [6.07, 6.45) is 3.86. The number of likely N-dealkylation sites (tertiary alicyclic amines) is 1. The van der Waals surface area contributed by atoms with E-state index in [1.165, 1.54) is 11.3 Å². The minimum Gasteiger partial charge on any atom is -0.373 e. The van der Waals surface area contributed by atoms with Gasteiger partial charge < -0.3 is 15.0 Å². The number of hydrogen-bond acceptors (Lipinski definition) is 5. The summed E-state index contributed by atoms with van der Waals surface area (Å²) in [5, 5.41) is 6.62. The Morgan fingerprint density at radius 2 is 2.07 bits per heavy atom. The molecule has 27 heavy (non-hydrogen) atoms. The molecule has 7 heteroatoms. The minimum absolute atomic E-state index is 0.0571. The highest BCUT2D eigenvalue weighted by atomic mass is 32.1. The lowest BCUT2D eigenvalue weighted by atomic mass is 10.1. The van der Waals surface area contributed by atoms with Gasteiger partial charge in [-0.2, -0.15) is 11.3 Å². The van der Waals surface area contributed by atoms with Crippen LogP contribution < -0.4 is 5.32 Å². The van der Waals surface area contributed by atoms with Crippen molar-refractivity contribution in [3.05, 3.63) is 22.4 Å². The van der Waals surface area contributed by atoms with Gasteiger partial charge in [-0.05, 0) is 44.6 Å². The molecular weight excluding hydrogens is 362 g/mol. The van der Waals surface area contributed by atoms with Gasteiger partial charge in [-0.1, -0.05) is 0 Å². The van der Waals surface area contributed by atoms with Gasteiger partial charge in [-0.25, -0.2) is 0 Å². The zero-order valence-electron chi connectivity index (χ0n) is 16.4. The molecule has 3 atom stereocenters. The molecule has 0 bridgehead atoms. The van der Waals surface area contributed by atoms with E-state index in [1.54, 1.807) is 0 Å². The van der Waals surface area contributed by atoms with Gasteiger partial charge in [0.1, 0.15) is 0 Å². The molecule has 1 N–H and O–H groups in total. The summed E-state index contributed by atoms with van der Waals surface area (Å²) in [7, 11) is 0. The number of ether oxygens (including phenoxy) is 1. The molecule has 2 fully saturated rings. The summed E-state index contributed by atoms with van der Waals surface area (Å²) in [4.78, 5) is 29.1. The molecule has 0 spiro atoms. The van der Waals surface area contributed by atoms with Crippen molar-refractivity contribution in [2.24, 2.45) is 0 Å².